The Bertz CT molecular complexity index is 1440. The van der Waals surface area contributed by atoms with Crippen molar-refractivity contribution in [2.45, 2.75) is 52.9 Å². The highest BCUT2D eigenvalue weighted by Gasteiger charge is 2.30. The van der Waals surface area contributed by atoms with Gasteiger partial charge in [-0.3, -0.25) is 4.79 Å². The van der Waals surface area contributed by atoms with E-state index >= 15 is 0 Å². The molecule has 4 aromatic rings. The molecule has 0 spiro atoms. The van der Waals surface area contributed by atoms with E-state index < -0.39 is 0 Å². The smallest absolute Gasteiger partial charge is 0.341 e. The number of fused-ring (bicyclic) bond motifs is 2. The number of nitrogens with one attached hydrogen (secondary N) is 1. The van der Waals surface area contributed by atoms with Gasteiger partial charge in [0.15, 0.2) is 0 Å². The normalized spacial score (nSPS) is 15.0. The molecule has 186 valence electrons. The van der Waals surface area contributed by atoms with Crippen molar-refractivity contribution in [1.29, 1.82) is 0 Å². The summed E-state index contributed by atoms with van der Waals surface area (Å²) >= 11 is 3.22. The minimum atomic E-state index is -0.355. The number of benzene rings is 1. The number of amides is 1. The van der Waals surface area contributed by atoms with Gasteiger partial charge < -0.3 is 10.1 Å². The number of esters is 1. The van der Waals surface area contributed by atoms with Crippen molar-refractivity contribution in [3.05, 3.63) is 68.9 Å². The zero-order valence-corrected chi connectivity index (χ0v) is 22.5. The maximum absolute atomic E-state index is 13.8. The van der Waals surface area contributed by atoms with Gasteiger partial charge in [0.25, 0.3) is 5.91 Å². The first kappa shape index (κ1) is 24.7. The summed E-state index contributed by atoms with van der Waals surface area (Å²) < 4.78 is 5.40. The molecular formula is C29H30N2O3S2. The predicted octanol–water partition coefficient (Wildman–Crippen LogP) is 7.53. The van der Waals surface area contributed by atoms with E-state index in [2.05, 4.69) is 31.3 Å². The molecule has 3 aromatic heterocycles. The molecule has 0 radical (unpaired) electrons. The third-order valence-electron chi connectivity index (χ3n) is 6.87. The van der Waals surface area contributed by atoms with Gasteiger partial charge in [-0.05, 0) is 68.4 Å². The van der Waals surface area contributed by atoms with Crippen LogP contribution in [-0.4, -0.2) is 23.5 Å². The van der Waals surface area contributed by atoms with Crippen LogP contribution in [0.15, 0.2) is 42.5 Å². The van der Waals surface area contributed by atoms with E-state index in [9.17, 15) is 9.59 Å². The number of thiophene rings is 2. The second-order valence-corrected chi connectivity index (χ2v) is 11.4. The van der Waals surface area contributed by atoms with E-state index in [1.807, 2.05) is 30.3 Å². The average molecular weight is 519 g/mol. The maximum Gasteiger partial charge on any atom is 0.341 e. The van der Waals surface area contributed by atoms with Crippen LogP contribution in [-0.2, 0) is 24.0 Å². The summed E-state index contributed by atoms with van der Waals surface area (Å²) in [5.41, 5.74) is 3.68. The van der Waals surface area contributed by atoms with Crippen molar-refractivity contribution in [2.24, 2.45) is 5.92 Å². The third-order valence-corrected chi connectivity index (χ3v) is 9.30. The first-order valence-corrected chi connectivity index (χ1v) is 14.3. The van der Waals surface area contributed by atoms with E-state index in [0.29, 0.717) is 28.7 Å². The van der Waals surface area contributed by atoms with Crippen LogP contribution in [0.1, 0.15) is 69.6 Å². The van der Waals surface area contributed by atoms with Crippen LogP contribution in [0.2, 0.25) is 0 Å². The van der Waals surface area contributed by atoms with E-state index in [4.69, 9.17) is 9.72 Å². The molecule has 0 bridgehead atoms. The van der Waals surface area contributed by atoms with Crippen LogP contribution < -0.4 is 5.32 Å². The molecule has 0 saturated heterocycles. The summed E-state index contributed by atoms with van der Waals surface area (Å²) in [4.78, 5) is 35.1. The summed E-state index contributed by atoms with van der Waals surface area (Å²) in [5.74, 6) is 0.0183. The SMILES string of the molecule is CCOC(=O)c1c(NC(=O)c2cc(-c3ccc(CC)s3)nc3ccccc23)sc2c1CC[C@@H](CC)C2. The topological polar surface area (TPSA) is 68.3 Å². The molecule has 1 aliphatic carbocycles. The predicted molar refractivity (Wildman–Crippen MR) is 148 cm³/mol. The fourth-order valence-electron chi connectivity index (χ4n) is 4.88. The molecular weight excluding hydrogens is 488 g/mol. The molecule has 1 atom stereocenters. The molecule has 7 heteroatoms. The quantitative estimate of drug-likeness (QED) is 0.257. The number of hydrogen-bond donors (Lipinski definition) is 1. The Morgan fingerprint density at radius 2 is 1.94 bits per heavy atom. The lowest BCUT2D eigenvalue weighted by molar-refractivity contribution is 0.0526. The number of rotatable bonds is 7. The number of anilines is 1. The van der Waals surface area contributed by atoms with Crippen LogP contribution in [0, 0.1) is 5.92 Å². The monoisotopic (exact) mass is 518 g/mol. The molecule has 1 N–H and O–H groups in total. The van der Waals surface area contributed by atoms with Gasteiger partial charge in [0.2, 0.25) is 0 Å². The van der Waals surface area contributed by atoms with Gasteiger partial charge in [0, 0.05) is 15.1 Å². The molecule has 1 amide bonds. The molecule has 36 heavy (non-hydrogen) atoms. The highest BCUT2D eigenvalue weighted by atomic mass is 32.1. The Hall–Kier alpha value is -3.03. The van der Waals surface area contributed by atoms with Crippen molar-refractivity contribution in [2.75, 3.05) is 11.9 Å². The Morgan fingerprint density at radius 1 is 1.11 bits per heavy atom. The van der Waals surface area contributed by atoms with Crippen LogP contribution in [0.5, 0.6) is 0 Å². The fraction of sp³-hybridized carbons (Fsp3) is 0.345. The number of nitrogens with zero attached hydrogens (tertiary/aromatic N) is 1. The second kappa shape index (κ2) is 10.5. The van der Waals surface area contributed by atoms with Crippen LogP contribution in [0.4, 0.5) is 5.00 Å². The van der Waals surface area contributed by atoms with E-state index in [-0.39, 0.29) is 11.9 Å². The van der Waals surface area contributed by atoms with E-state index in [1.165, 1.54) is 21.1 Å². The summed E-state index contributed by atoms with van der Waals surface area (Å²) in [5, 5.41) is 4.48. The Morgan fingerprint density at radius 3 is 2.69 bits per heavy atom. The molecule has 5 rings (SSSR count). The molecule has 1 aromatic carbocycles. The lowest BCUT2D eigenvalue weighted by Gasteiger charge is -2.20. The third kappa shape index (κ3) is 4.70. The Kier molecular flexibility index (Phi) is 7.21. The Balaban J connectivity index is 1.56. The van der Waals surface area contributed by atoms with Crippen molar-refractivity contribution < 1.29 is 14.3 Å². The molecule has 0 fully saturated rings. The minimum Gasteiger partial charge on any atom is -0.462 e. The average Bonchev–Trinajstić information content (AvgIpc) is 3.52. The van der Waals surface area contributed by atoms with Gasteiger partial charge in [-0.1, -0.05) is 38.5 Å². The van der Waals surface area contributed by atoms with Gasteiger partial charge >= 0.3 is 5.97 Å². The summed E-state index contributed by atoms with van der Waals surface area (Å²) in [6.07, 6.45) is 4.92. The maximum atomic E-state index is 13.8. The number of carbonyl (C=O) groups excluding carboxylic acids is 2. The largest absolute Gasteiger partial charge is 0.462 e. The molecule has 0 saturated carbocycles. The lowest BCUT2D eigenvalue weighted by atomic mass is 9.85. The van der Waals surface area contributed by atoms with E-state index in [0.717, 1.165) is 59.1 Å². The molecule has 0 unspecified atom stereocenters. The van der Waals surface area contributed by atoms with Crippen LogP contribution in [0.3, 0.4) is 0 Å². The number of carbonyl (C=O) groups is 2. The number of aryl methyl sites for hydroxylation is 1. The minimum absolute atomic E-state index is 0.238. The molecule has 0 aliphatic heterocycles. The second-order valence-electron chi connectivity index (χ2n) is 9.09. The van der Waals surface area contributed by atoms with Crippen LogP contribution >= 0.6 is 22.7 Å². The molecule has 3 heterocycles. The van der Waals surface area contributed by atoms with Gasteiger partial charge in [-0.25, -0.2) is 9.78 Å². The van der Waals surface area contributed by atoms with Crippen molar-refractivity contribution in [3.8, 4) is 10.6 Å². The van der Waals surface area contributed by atoms with Gasteiger partial charge in [-0.15, -0.1) is 22.7 Å². The van der Waals surface area contributed by atoms with Crippen molar-refractivity contribution in [1.82, 2.24) is 4.98 Å². The number of aromatic nitrogens is 1. The summed E-state index contributed by atoms with van der Waals surface area (Å²) in [6, 6.07) is 13.8. The van der Waals surface area contributed by atoms with Crippen LogP contribution in [0.25, 0.3) is 21.5 Å². The number of ether oxygens (including phenoxy) is 1. The number of pyridine rings is 1. The standard InChI is InChI=1S/C29H30N2O3S2/c1-4-17-11-13-20-25(15-17)36-28(26(20)29(33)34-6-3)31-27(32)21-16-23(24-14-12-18(5-2)35-24)30-22-10-8-7-9-19(21)22/h7-10,12,14,16-17H,4-6,11,13,15H2,1-3H3,(H,31,32)/t17-/m1/s1. The van der Waals surface area contributed by atoms with E-state index in [1.54, 1.807) is 18.3 Å². The Labute approximate surface area is 219 Å². The first-order valence-electron chi connectivity index (χ1n) is 12.6. The van der Waals surface area contributed by atoms with Gasteiger partial charge in [0.05, 0.1) is 33.8 Å². The number of hydrogen-bond acceptors (Lipinski definition) is 6. The summed E-state index contributed by atoms with van der Waals surface area (Å²) in [7, 11) is 0. The van der Waals surface area contributed by atoms with Crippen molar-refractivity contribution >= 4 is 50.5 Å². The van der Waals surface area contributed by atoms with Gasteiger partial charge in [0.1, 0.15) is 5.00 Å². The molecule has 5 nitrogen and oxygen atoms in total. The van der Waals surface area contributed by atoms with Gasteiger partial charge in [-0.2, -0.15) is 0 Å². The molecule has 1 aliphatic rings. The number of para-hydroxylation sites is 1. The fourth-order valence-corrected chi connectivity index (χ4v) is 7.13. The van der Waals surface area contributed by atoms with Crippen molar-refractivity contribution in [3.63, 3.8) is 0 Å². The zero-order chi connectivity index (χ0) is 25.2. The summed E-state index contributed by atoms with van der Waals surface area (Å²) in [6.45, 7) is 6.45. The highest BCUT2D eigenvalue weighted by Crippen LogP contribution is 2.41. The highest BCUT2D eigenvalue weighted by molar-refractivity contribution is 7.17. The zero-order valence-electron chi connectivity index (χ0n) is 20.8. The lowest BCUT2D eigenvalue weighted by Crippen LogP contribution is -2.17. The first-order chi connectivity index (χ1) is 17.5.